The fraction of sp³-hybridized carbons (Fsp3) is 0.364. The predicted octanol–water partition coefficient (Wildman–Crippen LogP) is 2.76. The van der Waals surface area contributed by atoms with E-state index in [1.807, 2.05) is 24.6 Å². The van der Waals surface area contributed by atoms with Crippen LogP contribution in [0.5, 0.6) is 0 Å². The number of furan rings is 1. The lowest BCUT2D eigenvalue weighted by Gasteiger charge is -2.15. The SMILES string of the molecule is CC(C)n1ncc(Cl)c1C(N)c1ccco1. The van der Waals surface area contributed by atoms with Gasteiger partial charge in [-0.3, -0.25) is 4.68 Å². The smallest absolute Gasteiger partial charge is 0.126 e. The zero-order valence-corrected chi connectivity index (χ0v) is 9.98. The molecule has 2 N–H and O–H groups in total. The van der Waals surface area contributed by atoms with E-state index in [1.54, 1.807) is 18.5 Å². The van der Waals surface area contributed by atoms with E-state index in [-0.39, 0.29) is 12.1 Å². The maximum atomic E-state index is 6.11. The summed E-state index contributed by atoms with van der Waals surface area (Å²) < 4.78 is 7.10. The molecule has 0 radical (unpaired) electrons. The number of nitrogens with zero attached hydrogens (tertiary/aromatic N) is 2. The van der Waals surface area contributed by atoms with Crippen LogP contribution in [0.3, 0.4) is 0 Å². The fourth-order valence-corrected chi connectivity index (χ4v) is 1.90. The molecule has 1 unspecified atom stereocenters. The average Bonchev–Trinajstić information content (AvgIpc) is 2.84. The van der Waals surface area contributed by atoms with Gasteiger partial charge in [0.25, 0.3) is 0 Å². The molecule has 0 spiro atoms. The molecule has 0 aromatic carbocycles. The lowest BCUT2D eigenvalue weighted by molar-refractivity contribution is 0.452. The number of halogens is 1. The second kappa shape index (κ2) is 4.31. The maximum Gasteiger partial charge on any atom is 0.126 e. The van der Waals surface area contributed by atoms with Crippen LogP contribution in [0, 0.1) is 0 Å². The van der Waals surface area contributed by atoms with Crippen LogP contribution in [-0.4, -0.2) is 9.78 Å². The van der Waals surface area contributed by atoms with Crippen molar-refractivity contribution in [2.45, 2.75) is 25.9 Å². The van der Waals surface area contributed by atoms with Crippen LogP contribution in [0.1, 0.15) is 37.4 Å². The molecule has 0 aliphatic heterocycles. The number of hydrogen-bond acceptors (Lipinski definition) is 3. The minimum atomic E-state index is -0.382. The Morgan fingerprint density at radius 2 is 2.25 bits per heavy atom. The Morgan fingerprint density at radius 3 is 2.81 bits per heavy atom. The lowest BCUT2D eigenvalue weighted by Crippen LogP contribution is -2.18. The molecular formula is C11H14ClN3O. The van der Waals surface area contributed by atoms with E-state index in [9.17, 15) is 0 Å². The van der Waals surface area contributed by atoms with E-state index < -0.39 is 0 Å². The Bertz CT molecular complexity index is 462. The van der Waals surface area contributed by atoms with Crippen LogP contribution in [-0.2, 0) is 0 Å². The van der Waals surface area contributed by atoms with Gasteiger partial charge in [0.15, 0.2) is 0 Å². The average molecular weight is 240 g/mol. The van der Waals surface area contributed by atoms with Gasteiger partial charge in [0.1, 0.15) is 11.8 Å². The van der Waals surface area contributed by atoms with Gasteiger partial charge >= 0.3 is 0 Å². The molecule has 0 aliphatic rings. The van der Waals surface area contributed by atoms with E-state index in [1.165, 1.54) is 0 Å². The van der Waals surface area contributed by atoms with Gasteiger partial charge in [-0.1, -0.05) is 11.6 Å². The van der Waals surface area contributed by atoms with Gasteiger partial charge in [0, 0.05) is 6.04 Å². The number of aromatic nitrogens is 2. The molecule has 16 heavy (non-hydrogen) atoms. The van der Waals surface area contributed by atoms with Crippen LogP contribution in [0.25, 0.3) is 0 Å². The number of hydrogen-bond donors (Lipinski definition) is 1. The molecule has 0 aliphatic carbocycles. The standard InChI is InChI=1S/C11H14ClN3O/c1-7(2)15-11(8(12)6-14-15)10(13)9-4-3-5-16-9/h3-7,10H,13H2,1-2H3. The summed E-state index contributed by atoms with van der Waals surface area (Å²) in [5.74, 6) is 0.685. The summed E-state index contributed by atoms with van der Waals surface area (Å²) in [7, 11) is 0. The highest BCUT2D eigenvalue weighted by molar-refractivity contribution is 6.31. The topological polar surface area (TPSA) is 57.0 Å². The molecule has 86 valence electrons. The summed E-state index contributed by atoms with van der Waals surface area (Å²) in [4.78, 5) is 0. The van der Waals surface area contributed by atoms with Gasteiger partial charge in [-0.05, 0) is 26.0 Å². The first-order valence-corrected chi connectivity index (χ1v) is 5.51. The first-order chi connectivity index (χ1) is 7.61. The van der Waals surface area contributed by atoms with Gasteiger partial charge in [-0.15, -0.1) is 0 Å². The Labute approximate surface area is 99.0 Å². The van der Waals surface area contributed by atoms with Gasteiger partial charge in [0.2, 0.25) is 0 Å². The molecule has 0 bridgehead atoms. The Hall–Kier alpha value is -1.26. The molecule has 0 saturated carbocycles. The zero-order valence-electron chi connectivity index (χ0n) is 9.22. The van der Waals surface area contributed by atoms with Gasteiger partial charge < -0.3 is 10.2 Å². The van der Waals surface area contributed by atoms with Crippen molar-refractivity contribution in [2.75, 3.05) is 0 Å². The predicted molar refractivity (Wildman–Crippen MR) is 62.4 cm³/mol. The first-order valence-electron chi connectivity index (χ1n) is 5.13. The van der Waals surface area contributed by atoms with Gasteiger partial charge in [-0.2, -0.15) is 5.10 Å². The van der Waals surface area contributed by atoms with Crippen LogP contribution < -0.4 is 5.73 Å². The summed E-state index contributed by atoms with van der Waals surface area (Å²) in [5, 5.41) is 4.78. The van der Waals surface area contributed by atoms with Crippen molar-refractivity contribution in [3.05, 3.63) is 41.1 Å². The van der Waals surface area contributed by atoms with Gasteiger partial charge in [-0.25, -0.2) is 0 Å². The first kappa shape index (κ1) is 11.2. The molecular weight excluding hydrogens is 226 g/mol. The highest BCUT2D eigenvalue weighted by atomic mass is 35.5. The molecule has 0 saturated heterocycles. The Morgan fingerprint density at radius 1 is 1.50 bits per heavy atom. The summed E-state index contributed by atoms with van der Waals surface area (Å²) in [5.41, 5.74) is 6.89. The van der Waals surface area contributed by atoms with Crippen molar-refractivity contribution in [1.82, 2.24) is 9.78 Å². The number of rotatable bonds is 3. The minimum absolute atomic E-state index is 0.212. The summed E-state index contributed by atoms with van der Waals surface area (Å²) in [6.45, 7) is 4.06. The van der Waals surface area contributed by atoms with E-state index in [4.69, 9.17) is 21.8 Å². The summed E-state index contributed by atoms with van der Waals surface area (Å²) in [6, 6.07) is 3.47. The van der Waals surface area contributed by atoms with Crippen molar-refractivity contribution in [3.8, 4) is 0 Å². The highest BCUT2D eigenvalue weighted by Gasteiger charge is 2.21. The van der Waals surface area contributed by atoms with Crippen molar-refractivity contribution < 1.29 is 4.42 Å². The van der Waals surface area contributed by atoms with Crippen molar-refractivity contribution in [2.24, 2.45) is 5.73 Å². The lowest BCUT2D eigenvalue weighted by atomic mass is 10.1. The van der Waals surface area contributed by atoms with Crippen LogP contribution in [0.4, 0.5) is 0 Å². The van der Waals surface area contributed by atoms with E-state index in [0.717, 1.165) is 5.69 Å². The second-order valence-corrected chi connectivity index (χ2v) is 4.32. The van der Waals surface area contributed by atoms with Crippen LogP contribution in [0.2, 0.25) is 5.02 Å². The molecule has 2 aromatic heterocycles. The minimum Gasteiger partial charge on any atom is -0.467 e. The number of nitrogens with two attached hydrogens (primary N) is 1. The third-order valence-corrected chi connectivity index (χ3v) is 2.71. The van der Waals surface area contributed by atoms with Crippen LogP contribution in [0.15, 0.2) is 29.0 Å². The third kappa shape index (κ3) is 1.86. The molecule has 2 heterocycles. The van der Waals surface area contributed by atoms with Crippen molar-refractivity contribution in [1.29, 1.82) is 0 Å². The van der Waals surface area contributed by atoms with E-state index in [0.29, 0.717) is 10.8 Å². The molecule has 0 amide bonds. The van der Waals surface area contributed by atoms with Gasteiger partial charge in [0.05, 0.1) is 23.2 Å². The second-order valence-electron chi connectivity index (χ2n) is 3.91. The molecule has 5 heteroatoms. The Kier molecular flexibility index (Phi) is 3.03. The monoisotopic (exact) mass is 239 g/mol. The molecule has 2 rings (SSSR count). The molecule has 1 atom stereocenters. The summed E-state index contributed by atoms with van der Waals surface area (Å²) >= 11 is 6.10. The molecule has 4 nitrogen and oxygen atoms in total. The maximum absolute atomic E-state index is 6.11. The molecule has 2 aromatic rings. The zero-order chi connectivity index (χ0) is 11.7. The summed E-state index contributed by atoms with van der Waals surface area (Å²) in [6.07, 6.45) is 3.21. The molecule has 0 fully saturated rings. The van der Waals surface area contributed by atoms with Crippen molar-refractivity contribution in [3.63, 3.8) is 0 Å². The highest BCUT2D eigenvalue weighted by Crippen LogP contribution is 2.28. The van der Waals surface area contributed by atoms with Crippen LogP contribution >= 0.6 is 11.6 Å². The normalized spacial score (nSPS) is 13.3. The Balaban J connectivity index is 2.43. The largest absolute Gasteiger partial charge is 0.467 e. The fourth-order valence-electron chi connectivity index (χ4n) is 1.66. The quantitative estimate of drug-likeness (QED) is 0.896. The van der Waals surface area contributed by atoms with E-state index >= 15 is 0 Å². The van der Waals surface area contributed by atoms with E-state index in [2.05, 4.69) is 5.10 Å². The third-order valence-electron chi connectivity index (χ3n) is 2.42. The van der Waals surface area contributed by atoms with Crippen molar-refractivity contribution >= 4 is 11.6 Å².